The largest absolute Gasteiger partial charge is 0.329 e. The third-order valence-corrected chi connectivity index (χ3v) is 2.84. The highest BCUT2D eigenvalue weighted by molar-refractivity contribution is 7.07. The van der Waals surface area contributed by atoms with E-state index >= 15 is 0 Å². The molecule has 1 aromatic heterocycles. The van der Waals surface area contributed by atoms with Gasteiger partial charge in [0.15, 0.2) is 0 Å². The fraction of sp³-hybridized carbons (Fsp3) is 0.556. The number of hydrogen-bond donors (Lipinski definition) is 1. The minimum Gasteiger partial charge on any atom is -0.329 e. The zero-order chi connectivity index (χ0) is 8.97. The van der Waals surface area contributed by atoms with Crippen LogP contribution < -0.4 is 5.73 Å². The molecule has 0 amide bonds. The Balaban J connectivity index is 2.41. The summed E-state index contributed by atoms with van der Waals surface area (Å²) in [5.41, 5.74) is 6.94. The first-order valence-electron chi connectivity index (χ1n) is 4.15. The number of nitrogens with two attached hydrogens (primary N) is 1. The molecule has 0 bridgehead atoms. The molecule has 0 aliphatic heterocycles. The van der Waals surface area contributed by atoms with Crippen LogP contribution in [0, 0.1) is 0 Å². The summed E-state index contributed by atoms with van der Waals surface area (Å²) in [5, 5.41) is 4.29. The standard InChI is InChI=1S/C9H16N2S/c1-8(5-10)11(2)6-9-3-4-12-7-9/h3-4,7-8H,5-6,10H2,1-2H3. The van der Waals surface area contributed by atoms with Crippen molar-refractivity contribution in [3.8, 4) is 0 Å². The molecule has 0 spiro atoms. The van der Waals surface area contributed by atoms with Crippen molar-refractivity contribution in [3.05, 3.63) is 22.4 Å². The Kier molecular flexibility index (Phi) is 3.72. The van der Waals surface area contributed by atoms with Gasteiger partial charge in [0.1, 0.15) is 0 Å². The monoisotopic (exact) mass is 184 g/mol. The number of rotatable bonds is 4. The fourth-order valence-corrected chi connectivity index (χ4v) is 1.67. The first-order chi connectivity index (χ1) is 5.74. The van der Waals surface area contributed by atoms with Gasteiger partial charge in [0, 0.05) is 19.1 Å². The highest BCUT2D eigenvalue weighted by Gasteiger charge is 2.06. The van der Waals surface area contributed by atoms with E-state index in [1.54, 1.807) is 11.3 Å². The van der Waals surface area contributed by atoms with E-state index in [0.717, 1.165) is 13.1 Å². The van der Waals surface area contributed by atoms with Crippen molar-refractivity contribution in [1.82, 2.24) is 4.90 Å². The smallest absolute Gasteiger partial charge is 0.0242 e. The lowest BCUT2D eigenvalue weighted by Crippen LogP contribution is -2.34. The highest BCUT2D eigenvalue weighted by Crippen LogP contribution is 2.09. The second-order valence-electron chi connectivity index (χ2n) is 3.13. The normalized spacial score (nSPS) is 13.7. The third-order valence-electron chi connectivity index (χ3n) is 2.11. The van der Waals surface area contributed by atoms with Crippen LogP contribution in [0.2, 0.25) is 0 Å². The molecule has 0 aliphatic rings. The summed E-state index contributed by atoms with van der Waals surface area (Å²) in [6.07, 6.45) is 0. The Morgan fingerprint density at radius 2 is 2.42 bits per heavy atom. The fourth-order valence-electron chi connectivity index (χ4n) is 1.01. The maximum atomic E-state index is 5.56. The van der Waals surface area contributed by atoms with Gasteiger partial charge in [-0.25, -0.2) is 0 Å². The molecule has 0 aliphatic carbocycles. The second-order valence-corrected chi connectivity index (χ2v) is 3.91. The molecule has 2 nitrogen and oxygen atoms in total. The molecule has 68 valence electrons. The first kappa shape index (κ1) is 9.71. The molecule has 0 aromatic carbocycles. The lowest BCUT2D eigenvalue weighted by Gasteiger charge is -2.22. The van der Waals surface area contributed by atoms with E-state index in [0.29, 0.717) is 6.04 Å². The van der Waals surface area contributed by atoms with Crippen molar-refractivity contribution in [2.75, 3.05) is 13.6 Å². The van der Waals surface area contributed by atoms with Crippen LogP contribution >= 0.6 is 11.3 Å². The minimum absolute atomic E-state index is 0.463. The van der Waals surface area contributed by atoms with Gasteiger partial charge in [0.2, 0.25) is 0 Å². The van der Waals surface area contributed by atoms with Crippen LogP contribution in [0.3, 0.4) is 0 Å². The van der Waals surface area contributed by atoms with E-state index in [2.05, 4.69) is 35.7 Å². The quantitative estimate of drug-likeness (QED) is 0.769. The summed E-state index contributed by atoms with van der Waals surface area (Å²) in [7, 11) is 2.11. The van der Waals surface area contributed by atoms with Gasteiger partial charge in [0.25, 0.3) is 0 Å². The van der Waals surface area contributed by atoms with Gasteiger partial charge in [-0.3, -0.25) is 4.90 Å². The molecule has 0 saturated heterocycles. The van der Waals surface area contributed by atoms with Gasteiger partial charge in [-0.2, -0.15) is 11.3 Å². The van der Waals surface area contributed by atoms with Crippen LogP contribution in [0.5, 0.6) is 0 Å². The van der Waals surface area contributed by atoms with Gasteiger partial charge in [-0.15, -0.1) is 0 Å². The van der Waals surface area contributed by atoms with Crippen LogP contribution in [0.4, 0.5) is 0 Å². The van der Waals surface area contributed by atoms with Gasteiger partial charge < -0.3 is 5.73 Å². The van der Waals surface area contributed by atoms with E-state index in [1.165, 1.54) is 5.56 Å². The zero-order valence-corrected chi connectivity index (χ0v) is 8.47. The lowest BCUT2D eigenvalue weighted by molar-refractivity contribution is 0.255. The van der Waals surface area contributed by atoms with Crippen LogP contribution in [0.15, 0.2) is 16.8 Å². The Hall–Kier alpha value is -0.380. The van der Waals surface area contributed by atoms with E-state index in [4.69, 9.17) is 5.73 Å². The highest BCUT2D eigenvalue weighted by atomic mass is 32.1. The Labute approximate surface area is 78.0 Å². The zero-order valence-electron chi connectivity index (χ0n) is 7.66. The number of nitrogens with zero attached hydrogens (tertiary/aromatic N) is 1. The van der Waals surface area contributed by atoms with Crippen LogP contribution in [0.25, 0.3) is 0 Å². The molecule has 1 atom stereocenters. The lowest BCUT2D eigenvalue weighted by atomic mass is 10.2. The molecule has 3 heteroatoms. The van der Waals surface area contributed by atoms with Crippen molar-refractivity contribution in [2.24, 2.45) is 5.73 Å². The summed E-state index contributed by atoms with van der Waals surface area (Å²) in [5.74, 6) is 0. The van der Waals surface area contributed by atoms with Crippen molar-refractivity contribution in [2.45, 2.75) is 19.5 Å². The Morgan fingerprint density at radius 3 is 2.92 bits per heavy atom. The second kappa shape index (κ2) is 4.60. The average molecular weight is 184 g/mol. The first-order valence-corrected chi connectivity index (χ1v) is 5.09. The minimum atomic E-state index is 0.463. The van der Waals surface area contributed by atoms with Crippen LogP contribution in [-0.2, 0) is 6.54 Å². The molecule has 12 heavy (non-hydrogen) atoms. The molecular formula is C9H16N2S. The molecule has 1 aromatic rings. The van der Waals surface area contributed by atoms with Crippen LogP contribution in [0.1, 0.15) is 12.5 Å². The Bertz CT molecular complexity index is 208. The maximum Gasteiger partial charge on any atom is 0.0242 e. The predicted molar refractivity (Wildman–Crippen MR) is 54.3 cm³/mol. The summed E-state index contributed by atoms with van der Waals surface area (Å²) < 4.78 is 0. The van der Waals surface area contributed by atoms with E-state index < -0.39 is 0 Å². The number of likely N-dealkylation sites (N-methyl/N-ethyl adjacent to an activating group) is 1. The molecule has 0 fully saturated rings. The molecule has 0 saturated carbocycles. The van der Waals surface area contributed by atoms with Gasteiger partial charge in [-0.05, 0) is 36.4 Å². The van der Waals surface area contributed by atoms with Crippen molar-refractivity contribution in [3.63, 3.8) is 0 Å². The number of thiophene rings is 1. The van der Waals surface area contributed by atoms with Gasteiger partial charge in [-0.1, -0.05) is 0 Å². The van der Waals surface area contributed by atoms with Gasteiger partial charge in [0.05, 0.1) is 0 Å². The van der Waals surface area contributed by atoms with E-state index in [-0.39, 0.29) is 0 Å². The Morgan fingerprint density at radius 1 is 1.67 bits per heavy atom. The average Bonchev–Trinajstić information content (AvgIpc) is 2.55. The molecule has 0 radical (unpaired) electrons. The molecule has 1 unspecified atom stereocenters. The molecule has 2 N–H and O–H groups in total. The van der Waals surface area contributed by atoms with Crippen molar-refractivity contribution >= 4 is 11.3 Å². The van der Waals surface area contributed by atoms with Crippen molar-refractivity contribution < 1.29 is 0 Å². The SMILES string of the molecule is CC(CN)N(C)Cc1ccsc1. The molecule has 1 heterocycles. The van der Waals surface area contributed by atoms with Crippen molar-refractivity contribution in [1.29, 1.82) is 0 Å². The predicted octanol–water partition coefficient (Wildman–Crippen LogP) is 1.53. The summed E-state index contributed by atoms with van der Waals surface area (Å²) in [6, 6.07) is 2.62. The van der Waals surface area contributed by atoms with Gasteiger partial charge >= 0.3 is 0 Å². The molecule has 1 rings (SSSR count). The molecular weight excluding hydrogens is 168 g/mol. The summed E-state index contributed by atoms with van der Waals surface area (Å²) in [6.45, 7) is 3.87. The van der Waals surface area contributed by atoms with Crippen LogP contribution in [-0.4, -0.2) is 24.5 Å². The topological polar surface area (TPSA) is 29.3 Å². The third kappa shape index (κ3) is 2.59. The summed E-state index contributed by atoms with van der Waals surface area (Å²) >= 11 is 1.74. The maximum absolute atomic E-state index is 5.56. The van der Waals surface area contributed by atoms with E-state index in [1.807, 2.05) is 0 Å². The number of hydrogen-bond acceptors (Lipinski definition) is 3. The summed E-state index contributed by atoms with van der Waals surface area (Å²) in [4.78, 5) is 2.27. The van der Waals surface area contributed by atoms with E-state index in [9.17, 15) is 0 Å².